The second-order valence-corrected chi connectivity index (χ2v) is 5.45. The number of hydrogen-bond donors (Lipinski definition) is 1. The summed E-state index contributed by atoms with van der Waals surface area (Å²) >= 11 is 0. The van der Waals surface area contributed by atoms with Crippen LogP contribution in [-0.2, 0) is 6.42 Å². The lowest BCUT2D eigenvalue weighted by Gasteiger charge is -2.30. The molecular formula is C15H26N4. The van der Waals surface area contributed by atoms with Crippen molar-refractivity contribution in [3.05, 3.63) is 11.4 Å². The first-order valence-corrected chi connectivity index (χ1v) is 7.57. The van der Waals surface area contributed by atoms with Gasteiger partial charge in [-0.1, -0.05) is 19.8 Å². The van der Waals surface area contributed by atoms with E-state index in [1.165, 1.54) is 25.7 Å². The monoisotopic (exact) mass is 262 g/mol. The zero-order valence-corrected chi connectivity index (χ0v) is 12.4. The number of nitrogen functional groups attached to an aromatic ring is 1. The summed E-state index contributed by atoms with van der Waals surface area (Å²) in [5, 5.41) is 0. The number of aryl methyl sites for hydroxylation is 1. The Labute approximate surface area is 116 Å². The van der Waals surface area contributed by atoms with Crippen LogP contribution >= 0.6 is 0 Å². The second-order valence-electron chi connectivity index (χ2n) is 5.45. The molecule has 1 fully saturated rings. The van der Waals surface area contributed by atoms with E-state index >= 15 is 0 Å². The Balaban J connectivity index is 2.34. The van der Waals surface area contributed by atoms with E-state index in [9.17, 15) is 0 Å². The summed E-state index contributed by atoms with van der Waals surface area (Å²) in [7, 11) is 0. The van der Waals surface area contributed by atoms with Crippen molar-refractivity contribution in [1.29, 1.82) is 0 Å². The fraction of sp³-hybridized carbons (Fsp3) is 0.733. The molecule has 0 saturated heterocycles. The van der Waals surface area contributed by atoms with Gasteiger partial charge in [-0.25, -0.2) is 9.97 Å². The molecule has 0 spiro atoms. The van der Waals surface area contributed by atoms with Crippen LogP contribution in [0.2, 0.25) is 0 Å². The molecule has 0 unspecified atom stereocenters. The molecule has 0 amide bonds. The molecule has 106 valence electrons. The molecule has 0 aliphatic heterocycles. The topological polar surface area (TPSA) is 55.0 Å². The Bertz CT molecular complexity index is 424. The third-order valence-corrected chi connectivity index (χ3v) is 4.06. The Hall–Kier alpha value is -1.32. The molecule has 4 nitrogen and oxygen atoms in total. The van der Waals surface area contributed by atoms with E-state index in [4.69, 9.17) is 10.7 Å². The highest BCUT2D eigenvalue weighted by Crippen LogP contribution is 2.30. The first-order valence-electron chi connectivity index (χ1n) is 7.57. The van der Waals surface area contributed by atoms with E-state index in [1.54, 1.807) is 0 Å². The average Bonchev–Trinajstić information content (AvgIpc) is 2.90. The smallest absolute Gasteiger partial charge is 0.137 e. The van der Waals surface area contributed by atoms with Crippen LogP contribution in [-0.4, -0.2) is 22.6 Å². The molecule has 2 N–H and O–H groups in total. The van der Waals surface area contributed by atoms with Gasteiger partial charge in [-0.15, -0.1) is 0 Å². The first-order chi connectivity index (χ1) is 9.17. The highest BCUT2D eigenvalue weighted by Gasteiger charge is 2.24. The van der Waals surface area contributed by atoms with Crippen molar-refractivity contribution in [2.24, 2.45) is 0 Å². The van der Waals surface area contributed by atoms with Crippen LogP contribution < -0.4 is 10.6 Å². The number of nitrogens with two attached hydrogens (primary N) is 1. The van der Waals surface area contributed by atoms with Crippen LogP contribution in [0.1, 0.15) is 57.3 Å². The largest absolute Gasteiger partial charge is 0.383 e. The van der Waals surface area contributed by atoms with Gasteiger partial charge >= 0.3 is 0 Å². The lowest BCUT2D eigenvalue weighted by Crippen LogP contribution is -2.34. The minimum atomic E-state index is 0.632. The second kappa shape index (κ2) is 6.22. The molecular weight excluding hydrogens is 236 g/mol. The zero-order chi connectivity index (χ0) is 13.8. The van der Waals surface area contributed by atoms with Gasteiger partial charge in [0.05, 0.1) is 0 Å². The fourth-order valence-electron chi connectivity index (χ4n) is 2.98. The molecule has 0 radical (unpaired) electrons. The average molecular weight is 262 g/mol. The minimum absolute atomic E-state index is 0.632. The van der Waals surface area contributed by atoms with Crippen molar-refractivity contribution in [3.63, 3.8) is 0 Å². The summed E-state index contributed by atoms with van der Waals surface area (Å²) < 4.78 is 0. The van der Waals surface area contributed by atoms with Crippen LogP contribution in [0.4, 0.5) is 11.6 Å². The molecule has 19 heavy (non-hydrogen) atoms. The molecule has 0 atom stereocenters. The van der Waals surface area contributed by atoms with Crippen LogP contribution in [0.3, 0.4) is 0 Å². The van der Waals surface area contributed by atoms with E-state index in [1.807, 2.05) is 6.92 Å². The summed E-state index contributed by atoms with van der Waals surface area (Å²) in [6.45, 7) is 7.38. The van der Waals surface area contributed by atoms with Gasteiger partial charge in [0, 0.05) is 24.6 Å². The molecule has 0 bridgehead atoms. The van der Waals surface area contributed by atoms with Crippen molar-refractivity contribution in [2.75, 3.05) is 17.2 Å². The Kier molecular flexibility index (Phi) is 4.61. The van der Waals surface area contributed by atoms with Crippen molar-refractivity contribution in [1.82, 2.24) is 9.97 Å². The molecule has 4 heteroatoms. The number of hydrogen-bond acceptors (Lipinski definition) is 4. The van der Waals surface area contributed by atoms with Gasteiger partial charge in [0.2, 0.25) is 0 Å². The zero-order valence-electron chi connectivity index (χ0n) is 12.4. The molecule has 1 saturated carbocycles. The lowest BCUT2D eigenvalue weighted by atomic mass is 10.1. The molecule has 1 aliphatic rings. The normalized spacial score (nSPS) is 15.9. The first kappa shape index (κ1) is 14.1. The van der Waals surface area contributed by atoms with Crippen LogP contribution in [0.25, 0.3) is 0 Å². The van der Waals surface area contributed by atoms with Gasteiger partial charge in [-0.3, -0.25) is 0 Å². The highest BCUT2D eigenvalue weighted by atomic mass is 15.2. The lowest BCUT2D eigenvalue weighted by molar-refractivity contribution is 0.608. The Morgan fingerprint density at radius 1 is 1.21 bits per heavy atom. The van der Waals surface area contributed by atoms with E-state index in [0.29, 0.717) is 11.9 Å². The van der Waals surface area contributed by atoms with Crippen LogP contribution in [0.15, 0.2) is 0 Å². The van der Waals surface area contributed by atoms with Gasteiger partial charge in [-0.05, 0) is 33.1 Å². The summed E-state index contributed by atoms with van der Waals surface area (Å²) in [4.78, 5) is 11.6. The SMILES string of the molecule is CCCc1nc(N)c(C)c(N(CC)C2CCCC2)n1. The molecule has 1 heterocycles. The van der Waals surface area contributed by atoms with Gasteiger partial charge in [0.15, 0.2) is 0 Å². The number of nitrogens with zero attached hydrogens (tertiary/aromatic N) is 3. The van der Waals surface area contributed by atoms with Crippen LogP contribution in [0, 0.1) is 6.92 Å². The summed E-state index contributed by atoms with van der Waals surface area (Å²) in [5.74, 6) is 2.59. The third-order valence-electron chi connectivity index (χ3n) is 4.06. The van der Waals surface area contributed by atoms with Gasteiger partial charge in [-0.2, -0.15) is 0 Å². The van der Waals surface area contributed by atoms with Gasteiger partial charge in [0.25, 0.3) is 0 Å². The maximum Gasteiger partial charge on any atom is 0.137 e. The molecule has 1 aliphatic carbocycles. The summed E-state index contributed by atoms with van der Waals surface area (Å²) in [5.41, 5.74) is 7.10. The van der Waals surface area contributed by atoms with E-state index < -0.39 is 0 Å². The highest BCUT2D eigenvalue weighted by molar-refractivity contribution is 5.57. The van der Waals surface area contributed by atoms with Gasteiger partial charge in [0.1, 0.15) is 17.5 Å². The van der Waals surface area contributed by atoms with E-state index in [-0.39, 0.29) is 0 Å². The fourth-order valence-corrected chi connectivity index (χ4v) is 2.98. The number of anilines is 2. The number of rotatable bonds is 5. The summed E-state index contributed by atoms with van der Waals surface area (Å²) in [6.07, 6.45) is 7.18. The summed E-state index contributed by atoms with van der Waals surface area (Å²) in [6, 6.07) is 0.632. The quantitative estimate of drug-likeness (QED) is 0.886. The molecule has 2 rings (SSSR count). The predicted octanol–water partition coefficient (Wildman–Crippen LogP) is 3.09. The maximum atomic E-state index is 6.07. The Morgan fingerprint density at radius 3 is 2.47 bits per heavy atom. The van der Waals surface area contributed by atoms with Crippen molar-refractivity contribution < 1.29 is 0 Å². The predicted molar refractivity (Wildman–Crippen MR) is 80.5 cm³/mol. The van der Waals surface area contributed by atoms with Crippen molar-refractivity contribution in [3.8, 4) is 0 Å². The van der Waals surface area contributed by atoms with E-state index in [2.05, 4.69) is 23.7 Å². The van der Waals surface area contributed by atoms with E-state index in [0.717, 1.165) is 36.6 Å². The standard InChI is InChI=1S/C15H26N4/c1-4-8-13-17-14(16)11(3)15(18-13)19(5-2)12-9-6-7-10-12/h12H,4-10H2,1-3H3,(H2,16,17,18). The van der Waals surface area contributed by atoms with Gasteiger partial charge < -0.3 is 10.6 Å². The van der Waals surface area contributed by atoms with Crippen molar-refractivity contribution >= 4 is 11.6 Å². The third kappa shape index (κ3) is 2.99. The van der Waals surface area contributed by atoms with Crippen LogP contribution in [0.5, 0.6) is 0 Å². The number of aromatic nitrogens is 2. The molecule has 0 aromatic carbocycles. The molecule has 1 aromatic rings. The Morgan fingerprint density at radius 2 is 1.89 bits per heavy atom. The minimum Gasteiger partial charge on any atom is -0.383 e. The molecule has 1 aromatic heterocycles. The maximum absolute atomic E-state index is 6.07. The van der Waals surface area contributed by atoms with Crippen molar-refractivity contribution in [2.45, 2.75) is 65.3 Å².